The first-order valence-electron chi connectivity index (χ1n) is 12.2. The van der Waals surface area contributed by atoms with Crippen molar-refractivity contribution in [3.05, 3.63) is 122 Å². The highest BCUT2D eigenvalue weighted by Gasteiger charge is 2.46. The van der Waals surface area contributed by atoms with E-state index in [1.54, 1.807) is 65.6 Å². The summed E-state index contributed by atoms with van der Waals surface area (Å²) in [5.74, 6) is -0.946. The lowest BCUT2D eigenvalue weighted by molar-refractivity contribution is -0.384. The molecular weight excluding hydrogens is 502 g/mol. The fraction of sp³-hybridized carbons (Fsp3) is 0.200. The number of carbonyl (C=O) groups is 1. The number of benzene rings is 3. The Bertz CT molecular complexity index is 1510. The normalized spacial score (nSPS) is 20.3. The maximum Gasteiger partial charge on any atom is 0.269 e. The van der Waals surface area contributed by atoms with Crippen LogP contribution in [0.25, 0.3) is 5.76 Å². The second-order valence-electron chi connectivity index (χ2n) is 10.4. The van der Waals surface area contributed by atoms with Gasteiger partial charge in [-0.2, -0.15) is 0 Å². The van der Waals surface area contributed by atoms with Gasteiger partial charge in [0.15, 0.2) is 5.78 Å². The zero-order valence-corrected chi connectivity index (χ0v) is 21.7. The van der Waals surface area contributed by atoms with Gasteiger partial charge in [0.05, 0.1) is 4.92 Å². The van der Waals surface area contributed by atoms with E-state index in [1.807, 2.05) is 19.9 Å². The van der Waals surface area contributed by atoms with Gasteiger partial charge in [-0.1, -0.05) is 67.9 Å². The summed E-state index contributed by atoms with van der Waals surface area (Å²) in [6.45, 7) is 4.04. The summed E-state index contributed by atoms with van der Waals surface area (Å²) in [5.41, 5.74) is 2.75. The van der Waals surface area contributed by atoms with Gasteiger partial charge in [-0.25, -0.2) is 0 Å². The third kappa shape index (κ3) is 4.50. The van der Waals surface area contributed by atoms with Crippen molar-refractivity contribution in [1.82, 2.24) is 0 Å². The van der Waals surface area contributed by atoms with Crippen molar-refractivity contribution < 1.29 is 14.8 Å². The van der Waals surface area contributed by atoms with Gasteiger partial charge in [-0.3, -0.25) is 25.2 Å². The lowest BCUT2D eigenvalue weighted by Gasteiger charge is -2.45. The van der Waals surface area contributed by atoms with Crippen molar-refractivity contribution in [1.29, 1.82) is 5.41 Å². The minimum atomic E-state index is -0.773. The number of hydrogen-bond acceptors (Lipinski definition) is 5. The summed E-state index contributed by atoms with van der Waals surface area (Å²) in [5, 5.41) is 32.9. The SMILES string of the molecule is CC1(C)CC(=O)C2=C(C1)N(c1ccc(Cl)cc1)C(=N)C(=C(O)c1ccccc1)C2c1ccc([N+](=O)[O-])cc1. The summed E-state index contributed by atoms with van der Waals surface area (Å²) in [6.07, 6.45) is 0.832. The number of ketones is 1. The second-order valence-corrected chi connectivity index (χ2v) is 10.8. The summed E-state index contributed by atoms with van der Waals surface area (Å²) in [4.78, 5) is 26.4. The van der Waals surface area contributed by atoms with Crippen LogP contribution in [0.4, 0.5) is 11.4 Å². The van der Waals surface area contributed by atoms with E-state index in [1.165, 1.54) is 12.1 Å². The maximum atomic E-state index is 13.9. The van der Waals surface area contributed by atoms with Crippen molar-refractivity contribution in [2.45, 2.75) is 32.6 Å². The Morgan fingerprint density at radius 3 is 2.26 bits per heavy atom. The standard InChI is InChI=1S/C30H26ClN3O4/c1-30(2)16-23-26(24(35)17-30)25(18-8-12-22(13-9-18)34(37)38)27(28(36)19-6-4-3-5-7-19)29(32)33(23)21-14-10-20(31)11-15-21/h3-15,25,32,36H,16-17H2,1-2H3. The van der Waals surface area contributed by atoms with Crippen LogP contribution < -0.4 is 4.90 Å². The Hall–Kier alpha value is -4.23. The Balaban J connectivity index is 1.83. The van der Waals surface area contributed by atoms with Crippen molar-refractivity contribution in [2.24, 2.45) is 5.41 Å². The molecule has 0 radical (unpaired) electrons. The number of nitro groups is 1. The maximum absolute atomic E-state index is 13.9. The van der Waals surface area contributed by atoms with Gasteiger partial charge < -0.3 is 5.11 Å². The highest BCUT2D eigenvalue weighted by molar-refractivity contribution is 6.30. The van der Waals surface area contributed by atoms with Crippen molar-refractivity contribution >= 4 is 40.4 Å². The Labute approximate surface area is 225 Å². The number of hydrogen-bond donors (Lipinski definition) is 2. The predicted octanol–water partition coefficient (Wildman–Crippen LogP) is 7.44. The molecule has 0 aromatic heterocycles. The van der Waals surface area contributed by atoms with E-state index < -0.39 is 10.8 Å². The van der Waals surface area contributed by atoms with E-state index in [-0.39, 0.29) is 34.1 Å². The number of halogens is 1. The minimum absolute atomic E-state index is 0.0290. The Kier molecular flexibility index (Phi) is 6.41. The molecule has 1 aliphatic heterocycles. The van der Waals surface area contributed by atoms with Gasteiger partial charge >= 0.3 is 0 Å². The van der Waals surface area contributed by atoms with Gasteiger partial charge in [0.2, 0.25) is 0 Å². The van der Waals surface area contributed by atoms with Crippen LogP contribution in [0.3, 0.4) is 0 Å². The largest absolute Gasteiger partial charge is 0.507 e. The number of carbonyl (C=O) groups excluding carboxylic acids is 1. The van der Waals surface area contributed by atoms with Gasteiger partial charge in [0, 0.05) is 57.6 Å². The van der Waals surface area contributed by atoms with E-state index in [2.05, 4.69) is 0 Å². The molecule has 3 aromatic carbocycles. The van der Waals surface area contributed by atoms with Crippen LogP contribution in [0.5, 0.6) is 0 Å². The Morgan fingerprint density at radius 2 is 1.66 bits per heavy atom. The van der Waals surface area contributed by atoms with Gasteiger partial charge in [0.25, 0.3) is 5.69 Å². The first kappa shape index (κ1) is 25.4. The topological polar surface area (TPSA) is 108 Å². The van der Waals surface area contributed by atoms with Crippen molar-refractivity contribution in [3.8, 4) is 0 Å². The van der Waals surface area contributed by atoms with Crippen LogP contribution in [0.1, 0.15) is 43.7 Å². The number of Topliss-reactive ketones (excluding diaryl/α,β-unsaturated/α-hetero) is 1. The van der Waals surface area contributed by atoms with Crippen molar-refractivity contribution in [2.75, 3.05) is 4.90 Å². The molecule has 0 fully saturated rings. The zero-order chi connectivity index (χ0) is 27.2. The molecule has 1 aliphatic carbocycles. The highest BCUT2D eigenvalue weighted by Crippen LogP contribution is 2.51. The van der Waals surface area contributed by atoms with Crippen LogP contribution in [-0.4, -0.2) is 21.6 Å². The molecule has 8 heteroatoms. The lowest BCUT2D eigenvalue weighted by atomic mass is 9.67. The average molecular weight is 528 g/mol. The molecule has 2 N–H and O–H groups in total. The number of aliphatic hydroxyl groups is 1. The van der Waals surface area contributed by atoms with Crippen LogP contribution in [0.15, 0.2) is 95.7 Å². The molecule has 0 spiro atoms. The van der Waals surface area contributed by atoms with E-state index in [0.717, 1.165) is 0 Å². The van der Waals surface area contributed by atoms with Crippen LogP contribution in [-0.2, 0) is 4.79 Å². The average Bonchev–Trinajstić information content (AvgIpc) is 2.88. The van der Waals surface area contributed by atoms with Crippen molar-refractivity contribution in [3.63, 3.8) is 0 Å². The molecule has 38 heavy (non-hydrogen) atoms. The molecule has 2 aliphatic rings. The summed E-state index contributed by atoms with van der Waals surface area (Å²) in [7, 11) is 0. The molecule has 3 aromatic rings. The number of amidine groups is 1. The van der Waals surface area contributed by atoms with E-state index in [9.17, 15) is 25.4 Å². The lowest BCUT2D eigenvalue weighted by Crippen LogP contribution is -2.45. The quantitative estimate of drug-likeness (QED) is 0.208. The highest BCUT2D eigenvalue weighted by atomic mass is 35.5. The third-order valence-corrected chi connectivity index (χ3v) is 7.30. The molecular formula is C30H26ClN3O4. The fourth-order valence-corrected chi connectivity index (χ4v) is 5.49. The summed E-state index contributed by atoms with van der Waals surface area (Å²) >= 11 is 6.15. The second kappa shape index (κ2) is 9.58. The number of nitrogens with zero attached hydrogens (tertiary/aromatic N) is 2. The number of nitrogens with one attached hydrogen (secondary N) is 1. The molecule has 0 amide bonds. The third-order valence-electron chi connectivity index (χ3n) is 7.05. The smallest absolute Gasteiger partial charge is 0.269 e. The molecule has 0 bridgehead atoms. The van der Waals surface area contributed by atoms with E-state index in [4.69, 9.17) is 11.6 Å². The number of aliphatic hydroxyl groups excluding tert-OH is 1. The molecule has 1 heterocycles. The van der Waals surface area contributed by atoms with Crippen LogP contribution >= 0.6 is 11.6 Å². The summed E-state index contributed by atoms with van der Waals surface area (Å²) in [6, 6.07) is 21.9. The number of rotatable bonds is 4. The molecule has 192 valence electrons. The molecule has 1 unspecified atom stereocenters. The number of non-ortho nitro benzene ring substituents is 1. The van der Waals surface area contributed by atoms with Gasteiger partial charge in [0.1, 0.15) is 11.6 Å². The molecule has 5 rings (SSSR count). The molecule has 0 saturated carbocycles. The van der Waals surface area contributed by atoms with Gasteiger partial charge in [-0.05, 0) is 41.7 Å². The van der Waals surface area contributed by atoms with Gasteiger partial charge in [-0.15, -0.1) is 0 Å². The number of nitro benzene ring substituents is 1. The first-order chi connectivity index (χ1) is 18.1. The van der Waals surface area contributed by atoms with Crippen LogP contribution in [0.2, 0.25) is 5.02 Å². The van der Waals surface area contributed by atoms with Crippen LogP contribution in [0, 0.1) is 20.9 Å². The molecule has 0 saturated heterocycles. The molecule has 1 atom stereocenters. The predicted molar refractivity (Wildman–Crippen MR) is 149 cm³/mol. The first-order valence-corrected chi connectivity index (χ1v) is 12.6. The number of allylic oxidation sites excluding steroid dienone is 2. The monoisotopic (exact) mass is 527 g/mol. The Morgan fingerprint density at radius 1 is 1.03 bits per heavy atom. The van der Waals surface area contributed by atoms with E-state index in [0.29, 0.717) is 45.9 Å². The van der Waals surface area contributed by atoms with E-state index >= 15 is 0 Å². The number of anilines is 1. The zero-order valence-electron chi connectivity index (χ0n) is 20.9. The molecule has 7 nitrogen and oxygen atoms in total. The summed E-state index contributed by atoms with van der Waals surface area (Å²) < 4.78 is 0. The minimum Gasteiger partial charge on any atom is -0.507 e. The fourth-order valence-electron chi connectivity index (χ4n) is 5.36.